The summed E-state index contributed by atoms with van der Waals surface area (Å²) in [6, 6.07) is -0.889. The lowest BCUT2D eigenvalue weighted by Gasteiger charge is -1.99. The van der Waals surface area contributed by atoms with Gasteiger partial charge >= 0.3 is 0 Å². The zero-order valence-corrected chi connectivity index (χ0v) is 5.66. The van der Waals surface area contributed by atoms with E-state index in [0.717, 1.165) is 0 Å². The Kier molecular flexibility index (Phi) is 1.62. The number of hydrogen-bond acceptors (Lipinski definition) is 1. The van der Waals surface area contributed by atoms with Gasteiger partial charge in [0.05, 0.1) is 6.04 Å². The number of amides is 1. The van der Waals surface area contributed by atoms with Crippen LogP contribution in [-0.2, 0) is 4.79 Å². The lowest BCUT2D eigenvalue weighted by Crippen LogP contribution is -2.28. The molecule has 0 heterocycles. The molecule has 1 rings (SSSR count). The fourth-order valence-corrected chi connectivity index (χ4v) is 0.666. The molecule has 1 atom stereocenters. The summed E-state index contributed by atoms with van der Waals surface area (Å²) in [6.07, 6.45) is 0.0747. The highest BCUT2D eigenvalue weighted by atomic mass is 19.3. The molecule has 1 aliphatic rings. The predicted octanol–water partition coefficient (Wildman–Crippen LogP) is 0.920. The normalized spacial score (nSPS) is 27.7. The Morgan fingerprint density at radius 3 is 2.60 bits per heavy atom. The maximum atomic E-state index is 12.1. The highest BCUT2D eigenvalue weighted by molar-refractivity contribution is 5.76. The lowest BCUT2D eigenvalue weighted by molar-refractivity contribution is -0.121. The van der Waals surface area contributed by atoms with Crippen molar-refractivity contribution in [1.29, 1.82) is 0 Å². The van der Waals surface area contributed by atoms with Crippen molar-refractivity contribution in [3.8, 4) is 0 Å². The third-order valence-corrected chi connectivity index (χ3v) is 1.48. The van der Waals surface area contributed by atoms with Crippen LogP contribution in [0.2, 0.25) is 0 Å². The van der Waals surface area contributed by atoms with Gasteiger partial charge in [-0.3, -0.25) is 4.79 Å². The molecule has 0 saturated heterocycles. The van der Waals surface area contributed by atoms with Gasteiger partial charge in [0, 0.05) is 12.8 Å². The van der Waals surface area contributed by atoms with Crippen LogP contribution in [0.5, 0.6) is 0 Å². The van der Waals surface area contributed by atoms with E-state index in [1.807, 2.05) is 0 Å². The standard InChI is InChI=1S/C6H9F2NO/c1-2-5(10)9-4-3-6(4,7)8/h4H,2-3H2,1H3,(H,9,10). The van der Waals surface area contributed by atoms with Crippen molar-refractivity contribution in [2.75, 3.05) is 0 Å². The molecule has 10 heavy (non-hydrogen) atoms. The van der Waals surface area contributed by atoms with Gasteiger partial charge in [-0.2, -0.15) is 0 Å². The predicted molar refractivity (Wildman–Crippen MR) is 31.8 cm³/mol. The minimum atomic E-state index is -2.63. The molecule has 0 aromatic carbocycles. The molecule has 0 aliphatic heterocycles. The molecule has 1 amide bonds. The first-order valence-corrected chi connectivity index (χ1v) is 3.23. The number of carbonyl (C=O) groups is 1. The molecule has 1 unspecified atom stereocenters. The zero-order valence-electron chi connectivity index (χ0n) is 5.66. The fourth-order valence-electron chi connectivity index (χ4n) is 0.666. The maximum absolute atomic E-state index is 12.1. The molecular formula is C6H9F2NO. The van der Waals surface area contributed by atoms with Crippen molar-refractivity contribution in [1.82, 2.24) is 5.32 Å². The molecule has 2 nitrogen and oxygen atoms in total. The van der Waals surface area contributed by atoms with E-state index in [0.29, 0.717) is 0 Å². The molecule has 0 aromatic heterocycles. The van der Waals surface area contributed by atoms with Crippen molar-refractivity contribution >= 4 is 5.91 Å². The number of rotatable bonds is 2. The van der Waals surface area contributed by atoms with Gasteiger partial charge in [-0.15, -0.1) is 0 Å². The van der Waals surface area contributed by atoms with E-state index in [1.165, 1.54) is 0 Å². The van der Waals surface area contributed by atoms with Crippen molar-refractivity contribution in [3.63, 3.8) is 0 Å². The van der Waals surface area contributed by atoms with Crippen LogP contribution < -0.4 is 5.32 Å². The van der Waals surface area contributed by atoms with Gasteiger partial charge < -0.3 is 5.32 Å². The summed E-state index contributed by atoms with van der Waals surface area (Å²) in [6.45, 7) is 1.63. The number of nitrogens with one attached hydrogen (secondary N) is 1. The van der Waals surface area contributed by atoms with Gasteiger partial charge in [0.1, 0.15) is 0 Å². The van der Waals surface area contributed by atoms with Crippen molar-refractivity contribution in [2.45, 2.75) is 31.7 Å². The Morgan fingerprint density at radius 2 is 2.30 bits per heavy atom. The molecule has 4 heteroatoms. The van der Waals surface area contributed by atoms with Gasteiger partial charge in [-0.25, -0.2) is 8.78 Å². The third-order valence-electron chi connectivity index (χ3n) is 1.48. The van der Waals surface area contributed by atoms with Crippen LogP contribution in [0, 0.1) is 0 Å². The number of halogens is 2. The molecule has 1 N–H and O–H groups in total. The minimum Gasteiger partial charge on any atom is -0.347 e. The maximum Gasteiger partial charge on any atom is 0.270 e. The Morgan fingerprint density at radius 1 is 1.80 bits per heavy atom. The van der Waals surface area contributed by atoms with Crippen molar-refractivity contribution in [3.05, 3.63) is 0 Å². The first-order valence-electron chi connectivity index (χ1n) is 3.23. The smallest absolute Gasteiger partial charge is 0.270 e. The van der Waals surface area contributed by atoms with E-state index < -0.39 is 12.0 Å². The van der Waals surface area contributed by atoms with Crippen molar-refractivity contribution in [2.24, 2.45) is 0 Å². The molecule has 0 aromatic rings. The Labute approximate surface area is 57.6 Å². The molecule has 1 saturated carbocycles. The zero-order chi connectivity index (χ0) is 7.78. The summed E-state index contributed by atoms with van der Waals surface area (Å²) >= 11 is 0. The summed E-state index contributed by atoms with van der Waals surface area (Å²) in [5, 5.41) is 2.20. The quantitative estimate of drug-likeness (QED) is 0.621. The van der Waals surface area contributed by atoms with Gasteiger partial charge in [0.2, 0.25) is 5.91 Å². The van der Waals surface area contributed by atoms with Crippen LogP contribution in [0.4, 0.5) is 8.78 Å². The van der Waals surface area contributed by atoms with Gasteiger partial charge in [-0.05, 0) is 0 Å². The van der Waals surface area contributed by atoms with Crippen LogP contribution in [0.3, 0.4) is 0 Å². The highest BCUT2D eigenvalue weighted by Gasteiger charge is 2.57. The first-order chi connectivity index (χ1) is 4.56. The summed E-state index contributed by atoms with van der Waals surface area (Å²) in [7, 11) is 0. The summed E-state index contributed by atoms with van der Waals surface area (Å²) in [5.74, 6) is -2.94. The van der Waals surface area contributed by atoms with E-state index in [1.54, 1.807) is 6.92 Å². The van der Waals surface area contributed by atoms with E-state index in [9.17, 15) is 13.6 Å². The van der Waals surface area contributed by atoms with Crippen LogP contribution in [-0.4, -0.2) is 17.9 Å². The molecule has 0 bridgehead atoms. The van der Waals surface area contributed by atoms with Crippen LogP contribution in [0.15, 0.2) is 0 Å². The lowest BCUT2D eigenvalue weighted by atomic mass is 10.4. The van der Waals surface area contributed by atoms with E-state index in [2.05, 4.69) is 5.32 Å². The third kappa shape index (κ3) is 1.43. The van der Waals surface area contributed by atoms with E-state index in [4.69, 9.17) is 0 Å². The Bertz CT molecular complexity index is 158. The van der Waals surface area contributed by atoms with Gasteiger partial charge in [0.25, 0.3) is 5.92 Å². The molecule has 0 spiro atoms. The summed E-state index contributed by atoms with van der Waals surface area (Å²) in [5.41, 5.74) is 0. The average Bonchev–Trinajstić information content (AvgIpc) is 2.40. The number of hydrogen-bond donors (Lipinski definition) is 1. The second-order valence-corrected chi connectivity index (χ2v) is 2.44. The SMILES string of the molecule is CCC(=O)NC1CC1(F)F. The summed E-state index contributed by atoms with van der Waals surface area (Å²) < 4.78 is 24.2. The molecule has 0 radical (unpaired) electrons. The monoisotopic (exact) mass is 149 g/mol. The van der Waals surface area contributed by atoms with Crippen LogP contribution in [0.1, 0.15) is 19.8 Å². The second kappa shape index (κ2) is 2.18. The topological polar surface area (TPSA) is 29.1 Å². The molecule has 1 aliphatic carbocycles. The summed E-state index contributed by atoms with van der Waals surface area (Å²) in [4.78, 5) is 10.5. The van der Waals surface area contributed by atoms with Gasteiger partial charge in [0.15, 0.2) is 0 Å². The number of carbonyl (C=O) groups excluding carboxylic acids is 1. The largest absolute Gasteiger partial charge is 0.347 e. The molecule has 1 fully saturated rings. The second-order valence-electron chi connectivity index (χ2n) is 2.44. The first kappa shape index (κ1) is 7.44. The molecular weight excluding hydrogens is 140 g/mol. The van der Waals surface area contributed by atoms with E-state index in [-0.39, 0.29) is 18.7 Å². The van der Waals surface area contributed by atoms with Crippen LogP contribution in [0.25, 0.3) is 0 Å². The minimum absolute atomic E-state index is 0.196. The van der Waals surface area contributed by atoms with E-state index >= 15 is 0 Å². The Balaban J connectivity index is 2.24. The molecule has 58 valence electrons. The van der Waals surface area contributed by atoms with Crippen LogP contribution >= 0.6 is 0 Å². The van der Waals surface area contributed by atoms with Crippen molar-refractivity contribution < 1.29 is 13.6 Å². The Hall–Kier alpha value is -0.670. The average molecular weight is 149 g/mol. The number of alkyl halides is 2. The highest BCUT2D eigenvalue weighted by Crippen LogP contribution is 2.41. The fraction of sp³-hybridized carbons (Fsp3) is 0.833. The van der Waals surface area contributed by atoms with Gasteiger partial charge in [-0.1, -0.05) is 6.92 Å².